The van der Waals surface area contributed by atoms with E-state index in [4.69, 9.17) is 0 Å². The quantitative estimate of drug-likeness (QED) is 0.545. The summed E-state index contributed by atoms with van der Waals surface area (Å²) in [4.78, 5) is 18.0. The molecule has 1 aromatic carbocycles. The van der Waals surface area contributed by atoms with Gasteiger partial charge in [-0.05, 0) is 85.7 Å². The van der Waals surface area contributed by atoms with Gasteiger partial charge in [0.15, 0.2) is 5.82 Å². The first-order valence-electron chi connectivity index (χ1n) is 11.0. The summed E-state index contributed by atoms with van der Waals surface area (Å²) >= 11 is 0. The molecule has 1 unspecified atom stereocenters. The number of hydrogen-bond acceptors (Lipinski definition) is 6. The Kier molecular flexibility index (Phi) is 6.91. The molecule has 0 radical (unpaired) electrons. The highest BCUT2D eigenvalue weighted by atomic mass is 16.3. The number of H-pyrrole nitrogens is 1. The monoisotopic (exact) mass is 426 g/mol. The Morgan fingerprint density at radius 2 is 1.90 bits per heavy atom. The van der Waals surface area contributed by atoms with E-state index in [2.05, 4.69) is 66.1 Å². The normalized spacial score (nSPS) is 13.3. The number of aliphatic hydroxyl groups is 1. The van der Waals surface area contributed by atoms with Crippen LogP contribution in [0.3, 0.4) is 0 Å². The van der Waals surface area contributed by atoms with Gasteiger partial charge in [0.2, 0.25) is 0 Å². The number of aliphatic hydroxyl groups excluding tert-OH is 1. The van der Waals surface area contributed by atoms with Gasteiger partial charge in [0.25, 0.3) is 5.56 Å². The lowest BCUT2D eigenvalue weighted by Crippen LogP contribution is -2.37. The molecule has 2 aromatic heterocycles. The molecule has 168 valence electrons. The molecule has 0 saturated carbocycles. The van der Waals surface area contributed by atoms with E-state index in [1.54, 1.807) is 0 Å². The standard InChI is InChI=1S/C23H34N6O2/c1-7-20(21-25-26-27-29(21)23(5,6)8-2)28(9-10-30)14-18-13-17-11-15(3)16(4)12-19(17)24-22(18)31/h11-13,20,30H,7-10,14H2,1-6H3,(H,24,31). The molecule has 0 amide bonds. The zero-order valence-electron chi connectivity index (χ0n) is 19.4. The van der Waals surface area contributed by atoms with Crippen LogP contribution in [0.1, 0.15) is 69.1 Å². The summed E-state index contributed by atoms with van der Waals surface area (Å²) in [7, 11) is 0. The van der Waals surface area contributed by atoms with E-state index in [0.29, 0.717) is 18.7 Å². The van der Waals surface area contributed by atoms with Gasteiger partial charge in [-0.15, -0.1) is 5.10 Å². The summed E-state index contributed by atoms with van der Waals surface area (Å²) in [5.74, 6) is 0.756. The molecule has 8 heteroatoms. The molecule has 0 aliphatic rings. The number of fused-ring (bicyclic) bond motifs is 1. The first-order chi connectivity index (χ1) is 14.7. The highest BCUT2D eigenvalue weighted by molar-refractivity contribution is 5.80. The van der Waals surface area contributed by atoms with Crippen molar-refractivity contribution in [2.45, 2.75) is 72.5 Å². The van der Waals surface area contributed by atoms with E-state index in [1.807, 2.05) is 23.7 Å². The number of aryl methyl sites for hydroxylation is 2. The van der Waals surface area contributed by atoms with Gasteiger partial charge in [0, 0.05) is 24.2 Å². The number of benzene rings is 1. The number of pyridine rings is 1. The van der Waals surface area contributed by atoms with Crippen molar-refractivity contribution in [1.29, 1.82) is 0 Å². The molecular formula is C23H34N6O2. The third-order valence-corrected chi connectivity index (χ3v) is 6.35. The number of rotatable bonds is 9. The fourth-order valence-corrected chi connectivity index (χ4v) is 3.92. The highest BCUT2D eigenvalue weighted by Gasteiger charge is 2.30. The molecule has 0 aliphatic heterocycles. The van der Waals surface area contributed by atoms with Crippen molar-refractivity contribution in [2.75, 3.05) is 13.2 Å². The SMILES string of the molecule is CCC(c1nnnn1C(C)(C)CC)N(CCO)Cc1cc2cc(C)c(C)cc2[nH]c1=O. The number of nitrogens with zero attached hydrogens (tertiary/aromatic N) is 5. The van der Waals surface area contributed by atoms with Crippen LogP contribution in [-0.2, 0) is 12.1 Å². The Morgan fingerprint density at radius 3 is 2.55 bits per heavy atom. The molecule has 31 heavy (non-hydrogen) atoms. The van der Waals surface area contributed by atoms with E-state index in [0.717, 1.165) is 35.1 Å². The molecule has 8 nitrogen and oxygen atoms in total. The second-order valence-corrected chi connectivity index (χ2v) is 8.88. The summed E-state index contributed by atoms with van der Waals surface area (Å²) in [5, 5.41) is 23.3. The predicted octanol–water partition coefficient (Wildman–Crippen LogP) is 3.22. The first-order valence-corrected chi connectivity index (χ1v) is 11.0. The van der Waals surface area contributed by atoms with E-state index >= 15 is 0 Å². The Morgan fingerprint density at radius 1 is 1.19 bits per heavy atom. The summed E-state index contributed by atoms with van der Waals surface area (Å²) in [6.45, 7) is 13.3. The molecule has 3 aromatic rings. The third kappa shape index (κ3) is 4.70. The Balaban J connectivity index is 2.01. The van der Waals surface area contributed by atoms with Crippen molar-refractivity contribution in [3.8, 4) is 0 Å². The molecule has 0 aliphatic carbocycles. The minimum atomic E-state index is -0.229. The summed E-state index contributed by atoms with van der Waals surface area (Å²) in [6, 6.07) is 5.94. The van der Waals surface area contributed by atoms with Crippen molar-refractivity contribution >= 4 is 10.9 Å². The first kappa shape index (κ1) is 23.1. The minimum Gasteiger partial charge on any atom is -0.395 e. The van der Waals surface area contributed by atoms with Gasteiger partial charge in [0.1, 0.15) is 0 Å². The fraction of sp³-hybridized carbons (Fsp3) is 0.565. The van der Waals surface area contributed by atoms with Gasteiger partial charge >= 0.3 is 0 Å². The van der Waals surface area contributed by atoms with Crippen LogP contribution < -0.4 is 5.56 Å². The molecule has 3 rings (SSSR count). The third-order valence-electron chi connectivity index (χ3n) is 6.35. The number of nitrogens with one attached hydrogen (secondary N) is 1. The smallest absolute Gasteiger partial charge is 0.252 e. The molecule has 1 atom stereocenters. The maximum atomic E-state index is 12.8. The van der Waals surface area contributed by atoms with Crippen LogP contribution >= 0.6 is 0 Å². The summed E-state index contributed by atoms with van der Waals surface area (Å²) in [6.07, 6.45) is 1.63. The van der Waals surface area contributed by atoms with Gasteiger partial charge in [0.05, 0.1) is 18.2 Å². The largest absolute Gasteiger partial charge is 0.395 e. The van der Waals surface area contributed by atoms with E-state index < -0.39 is 0 Å². The lowest BCUT2D eigenvalue weighted by atomic mass is 10.0. The average molecular weight is 427 g/mol. The van der Waals surface area contributed by atoms with Crippen molar-refractivity contribution in [1.82, 2.24) is 30.1 Å². The maximum Gasteiger partial charge on any atom is 0.252 e. The highest BCUT2D eigenvalue weighted by Crippen LogP contribution is 2.28. The van der Waals surface area contributed by atoms with Crippen molar-refractivity contribution < 1.29 is 5.11 Å². The van der Waals surface area contributed by atoms with Crippen LogP contribution in [0.4, 0.5) is 0 Å². The predicted molar refractivity (Wildman–Crippen MR) is 122 cm³/mol. The molecular weight excluding hydrogens is 392 g/mol. The van der Waals surface area contributed by atoms with E-state index in [9.17, 15) is 9.90 Å². The maximum absolute atomic E-state index is 12.8. The molecule has 0 bridgehead atoms. The van der Waals surface area contributed by atoms with Crippen molar-refractivity contribution in [2.24, 2.45) is 0 Å². The van der Waals surface area contributed by atoms with Crippen LogP contribution in [-0.4, -0.2) is 48.3 Å². The van der Waals surface area contributed by atoms with Crippen molar-refractivity contribution in [3.63, 3.8) is 0 Å². The lowest BCUT2D eigenvalue weighted by Gasteiger charge is -2.32. The van der Waals surface area contributed by atoms with Gasteiger partial charge in [-0.1, -0.05) is 13.8 Å². The molecule has 0 spiro atoms. The van der Waals surface area contributed by atoms with Gasteiger partial charge in [-0.3, -0.25) is 9.69 Å². The van der Waals surface area contributed by atoms with Crippen molar-refractivity contribution in [3.05, 3.63) is 51.1 Å². The zero-order valence-corrected chi connectivity index (χ0v) is 19.4. The van der Waals surface area contributed by atoms with Crippen LogP contribution in [0.15, 0.2) is 23.0 Å². The number of tetrazole rings is 1. The van der Waals surface area contributed by atoms with Crippen LogP contribution in [0, 0.1) is 13.8 Å². The molecule has 2 N–H and O–H groups in total. The fourth-order valence-electron chi connectivity index (χ4n) is 3.92. The second kappa shape index (κ2) is 9.28. The minimum absolute atomic E-state index is 0.0149. The van der Waals surface area contributed by atoms with Crippen LogP contribution in [0.25, 0.3) is 10.9 Å². The second-order valence-electron chi connectivity index (χ2n) is 8.88. The summed E-state index contributed by atoms with van der Waals surface area (Å²) < 4.78 is 1.88. The number of hydrogen-bond donors (Lipinski definition) is 2. The van der Waals surface area contributed by atoms with Crippen LogP contribution in [0.5, 0.6) is 0 Å². The summed E-state index contributed by atoms with van der Waals surface area (Å²) in [5.41, 5.74) is 3.50. The van der Waals surface area contributed by atoms with Gasteiger partial charge in [-0.25, -0.2) is 4.68 Å². The van der Waals surface area contributed by atoms with Gasteiger partial charge < -0.3 is 10.1 Å². The average Bonchev–Trinajstić information content (AvgIpc) is 3.21. The lowest BCUT2D eigenvalue weighted by molar-refractivity contribution is 0.125. The Bertz CT molecular complexity index is 1100. The van der Waals surface area contributed by atoms with E-state index in [-0.39, 0.29) is 23.7 Å². The Hall–Kier alpha value is -2.58. The Labute approximate surface area is 183 Å². The van der Waals surface area contributed by atoms with Gasteiger partial charge in [-0.2, -0.15) is 0 Å². The van der Waals surface area contributed by atoms with E-state index in [1.165, 1.54) is 5.56 Å². The van der Waals surface area contributed by atoms with Crippen LogP contribution in [0.2, 0.25) is 0 Å². The number of aromatic nitrogens is 5. The molecule has 0 fully saturated rings. The number of aromatic amines is 1. The molecule has 2 heterocycles. The topological polar surface area (TPSA) is 99.9 Å². The zero-order chi connectivity index (χ0) is 22.8. The molecule has 0 saturated heterocycles.